The quantitative estimate of drug-likeness (QED) is 0.857. The second-order valence-corrected chi connectivity index (χ2v) is 5.59. The molecule has 0 heterocycles. The number of benzene rings is 2. The molecule has 3 nitrogen and oxygen atoms in total. The third-order valence-electron chi connectivity index (χ3n) is 3.28. The Hall–Kier alpha value is -1.94. The first-order valence-electron chi connectivity index (χ1n) is 6.70. The molecule has 0 aliphatic carbocycles. The highest BCUT2D eigenvalue weighted by molar-refractivity contribution is 7.98. The molecule has 2 rings (SSSR count). The summed E-state index contributed by atoms with van der Waals surface area (Å²) in [7, 11) is 1.63. The Morgan fingerprint density at radius 2 is 2.05 bits per heavy atom. The topological polar surface area (TPSA) is 38.3 Å². The van der Waals surface area contributed by atoms with Gasteiger partial charge in [0.15, 0.2) is 0 Å². The summed E-state index contributed by atoms with van der Waals surface area (Å²) in [6.45, 7) is 2.43. The van der Waals surface area contributed by atoms with Crippen molar-refractivity contribution in [1.82, 2.24) is 5.32 Å². The van der Waals surface area contributed by atoms with Gasteiger partial charge in [0.05, 0.1) is 7.11 Å². The fourth-order valence-electron chi connectivity index (χ4n) is 2.03. The molecule has 0 aliphatic rings. The van der Waals surface area contributed by atoms with Crippen molar-refractivity contribution in [2.75, 3.05) is 13.4 Å². The molecule has 0 bridgehead atoms. The highest BCUT2D eigenvalue weighted by Crippen LogP contribution is 2.19. The van der Waals surface area contributed by atoms with Crippen LogP contribution in [-0.2, 0) is 6.54 Å². The lowest BCUT2D eigenvalue weighted by molar-refractivity contribution is 0.0950. The van der Waals surface area contributed by atoms with E-state index in [0.717, 1.165) is 27.3 Å². The maximum absolute atomic E-state index is 12.3. The van der Waals surface area contributed by atoms with Crippen LogP contribution < -0.4 is 10.1 Å². The van der Waals surface area contributed by atoms with E-state index in [1.165, 1.54) is 0 Å². The van der Waals surface area contributed by atoms with E-state index in [1.54, 1.807) is 18.9 Å². The third-order valence-corrected chi connectivity index (χ3v) is 4.00. The molecule has 0 unspecified atom stereocenters. The highest BCUT2D eigenvalue weighted by Gasteiger charge is 2.09. The number of carbonyl (C=O) groups excluding carboxylic acids is 1. The standard InChI is InChI=1S/C17H19NO2S/c1-12-7-8-15(21-3)10-16(12)17(19)18-11-13-5-4-6-14(9-13)20-2/h4-10H,11H2,1-3H3,(H,18,19). The van der Waals surface area contributed by atoms with Crippen molar-refractivity contribution in [1.29, 1.82) is 0 Å². The Morgan fingerprint density at radius 3 is 2.76 bits per heavy atom. The van der Waals surface area contributed by atoms with Crippen LogP contribution in [0.1, 0.15) is 21.5 Å². The molecule has 2 aromatic rings. The monoisotopic (exact) mass is 301 g/mol. The van der Waals surface area contributed by atoms with Crippen LogP contribution in [0.5, 0.6) is 5.75 Å². The molecule has 0 aromatic heterocycles. The Labute approximate surface area is 129 Å². The largest absolute Gasteiger partial charge is 0.497 e. The molecular weight excluding hydrogens is 282 g/mol. The zero-order valence-electron chi connectivity index (χ0n) is 12.5. The van der Waals surface area contributed by atoms with E-state index in [4.69, 9.17) is 4.74 Å². The van der Waals surface area contributed by atoms with Gasteiger partial charge in [0.1, 0.15) is 5.75 Å². The molecule has 21 heavy (non-hydrogen) atoms. The summed E-state index contributed by atoms with van der Waals surface area (Å²) < 4.78 is 5.18. The van der Waals surface area contributed by atoms with Crippen LogP contribution in [-0.4, -0.2) is 19.3 Å². The molecule has 0 fully saturated rings. The molecule has 0 atom stereocenters. The minimum Gasteiger partial charge on any atom is -0.497 e. The normalized spacial score (nSPS) is 10.2. The number of rotatable bonds is 5. The van der Waals surface area contributed by atoms with Gasteiger partial charge in [-0.3, -0.25) is 4.79 Å². The zero-order chi connectivity index (χ0) is 15.2. The summed E-state index contributed by atoms with van der Waals surface area (Å²) in [5.41, 5.74) is 2.72. The van der Waals surface area contributed by atoms with E-state index >= 15 is 0 Å². The van der Waals surface area contributed by atoms with Crippen LogP contribution in [0.25, 0.3) is 0 Å². The van der Waals surface area contributed by atoms with E-state index in [-0.39, 0.29) is 5.91 Å². The minimum absolute atomic E-state index is 0.0498. The van der Waals surface area contributed by atoms with E-state index in [0.29, 0.717) is 6.54 Å². The number of methoxy groups -OCH3 is 1. The summed E-state index contributed by atoms with van der Waals surface area (Å²) >= 11 is 1.63. The van der Waals surface area contributed by atoms with Crippen LogP contribution in [0.3, 0.4) is 0 Å². The van der Waals surface area contributed by atoms with E-state index in [1.807, 2.05) is 55.6 Å². The van der Waals surface area contributed by atoms with E-state index in [9.17, 15) is 4.79 Å². The predicted molar refractivity (Wildman–Crippen MR) is 87.1 cm³/mol. The second-order valence-electron chi connectivity index (χ2n) is 4.72. The lowest BCUT2D eigenvalue weighted by atomic mass is 10.1. The summed E-state index contributed by atoms with van der Waals surface area (Å²) in [5, 5.41) is 2.95. The average Bonchev–Trinajstić information content (AvgIpc) is 2.53. The van der Waals surface area contributed by atoms with Crippen molar-refractivity contribution in [2.24, 2.45) is 0 Å². The molecule has 0 saturated carbocycles. The summed E-state index contributed by atoms with van der Waals surface area (Å²) in [5.74, 6) is 0.744. The van der Waals surface area contributed by atoms with Gasteiger partial charge in [-0.15, -0.1) is 11.8 Å². The zero-order valence-corrected chi connectivity index (χ0v) is 13.3. The van der Waals surface area contributed by atoms with Crippen molar-refractivity contribution < 1.29 is 9.53 Å². The Balaban J connectivity index is 2.07. The third kappa shape index (κ3) is 4.02. The van der Waals surface area contributed by atoms with Gasteiger partial charge in [-0.2, -0.15) is 0 Å². The second kappa shape index (κ2) is 7.18. The van der Waals surface area contributed by atoms with Crippen molar-refractivity contribution in [3.8, 4) is 5.75 Å². The fourth-order valence-corrected chi connectivity index (χ4v) is 2.47. The first-order valence-corrected chi connectivity index (χ1v) is 7.92. The van der Waals surface area contributed by atoms with Crippen LogP contribution >= 0.6 is 11.8 Å². The van der Waals surface area contributed by atoms with Gasteiger partial charge in [0.2, 0.25) is 0 Å². The van der Waals surface area contributed by atoms with Crippen molar-refractivity contribution in [2.45, 2.75) is 18.4 Å². The van der Waals surface area contributed by atoms with Crippen molar-refractivity contribution in [3.63, 3.8) is 0 Å². The molecule has 0 spiro atoms. The van der Waals surface area contributed by atoms with Gasteiger partial charge in [-0.05, 0) is 48.6 Å². The van der Waals surface area contributed by atoms with Crippen LogP contribution in [0.15, 0.2) is 47.4 Å². The van der Waals surface area contributed by atoms with Crippen molar-refractivity contribution >= 4 is 17.7 Å². The Bertz CT molecular complexity index is 640. The molecule has 0 aliphatic heterocycles. The molecule has 1 N–H and O–H groups in total. The number of aryl methyl sites for hydroxylation is 1. The summed E-state index contributed by atoms with van der Waals surface area (Å²) in [6, 6.07) is 13.6. The molecule has 2 aromatic carbocycles. The number of hydrogen-bond donors (Lipinski definition) is 1. The van der Waals surface area contributed by atoms with Gasteiger partial charge >= 0.3 is 0 Å². The van der Waals surface area contributed by atoms with Gasteiger partial charge in [0.25, 0.3) is 5.91 Å². The maximum Gasteiger partial charge on any atom is 0.251 e. The molecular formula is C17H19NO2S. The first-order chi connectivity index (χ1) is 10.1. The predicted octanol–water partition coefficient (Wildman–Crippen LogP) is 3.66. The molecule has 0 saturated heterocycles. The van der Waals surface area contributed by atoms with Gasteiger partial charge in [-0.25, -0.2) is 0 Å². The number of nitrogens with one attached hydrogen (secondary N) is 1. The van der Waals surface area contributed by atoms with Gasteiger partial charge in [0, 0.05) is 17.0 Å². The van der Waals surface area contributed by atoms with Crippen LogP contribution in [0, 0.1) is 6.92 Å². The van der Waals surface area contributed by atoms with Crippen LogP contribution in [0.2, 0.25) is 0 Å². The Kier molecular flexibility index (Phi) is 5.28. The lowest BCUT2D eigenvalue weighted by Crippen LogP contribution is -2.23. The molecule has 1 amide bonds. The first kappa shape index (κ1) is 15.4. The number of ether oxygens (including phenoxy) is 1. The number of carbonyl (C=O) groups is 1. The maximum atomic E-state index is 12.3. The smallest absolute Gasteiger partial charge is 0.251 e. The minimum atomic E-state index is -0.0498. The number of amides is 1. The highest BCUT2D eigenvalue weighted by atomic mass is 32.2. The number of hydrogen-bond acceptors (Lipinski definition) is 3. The van der Waals surface area contributed by atoms with Crippen LogP contribution in [0.4, 0.5) is 0 Å². The van der Waals surface area contributed by atoms with Gasteiger partial charge in [-0.1, -0.05) is 18.2 Å². The molecule has 110 valence electrons. The van der Waals surface area contributed by atoms with E-state index in [2.05, 4.69) is 5.32 Å². The fraction of sp³-hybridized carbons (Fsp3) is 0.235. The molecule has 0 radical (unpaired) electrons. The SMILES string of the molecule is COc1cccc(CNC(=O)c2cc(SC)ccc2C)c1. The van der Waals surface area contributed by atoms with Gasteiger partial charge < -0.3 is 10.1 Å². The average molecular weight is 301 g/mol. The Morgan fingerprint density at radius 1 is 1.24 bits per heavy atom. The summed E-state index contributed by atoms with van der Waals surface area (Å²) in [6.07, 6.45) is 2.00. The molecule has 4 heteroatoms. The van der Waals surface area contributed by atoms with E-state index < -0.39 is 0 Å². The summed E-state index contributed by atoms with van der Waals surface area (Å²) in [4.78, 5) is 13.4. The number of thioether (sulfide) groups is 1. The van der Waals surface area contributed by atoms with Crippen molar-refractivity contribution in [3.05, 3.63) is 59.2 Å². The lowest BCUT2D eigenvalue weighted by Gasteiger charge is -2.10.